The fraction of sp³-hybridized carbons (Fsp3) is 0.400. The van der Waals surface area contributed by atoms with E-state index in [0.29, 0.717) is 42.7 Å². The normalized spacial score (nSPS) is 17.6. The zero-order valence-electron chi connectivity index (χ0n) is 17.2. The maximum Gasteiger partial charge on any atom is 0.251 e. The second kappa shape index (κ2) is 8.89. The predicted molar refractivity (Wildman–Crippen MR) is 113 cm³/mol. The first-order valence-electron chi connectivity index (χ1n) is 9.93. The maximum atomic E-state index is 13.2. The Kier molecular flexibility index (Phi) is 6.22. The smallest absolute Gasteiger partial charge is 0.251 e. The third-order valence-electron chi connectivity index (χ3n) is 5.16. The van der Waals surface area contributed by atoms with Crippen LogP contribution in [0, 0.1) is 6.92 Å². The lowest BCUT2D eigenvalue weighted by molar-refractivity contribution is 0.286. The van der Waals surface area contributed by atoms with Gasteiger partial charge in [0, 0.05) is 19.3 Å². The topological polar surface area (TPSA) is 111 Å². The summed E-state index contributed by atoms with van der Waals surface area (Å²) in [6.45, 7) is 4.78. The van der Waals surface area contributed by atoms with Crippen molar-refractivity contribution in [3.63, 3.8) is 0 Å². The van der Waals surface area contributed by atoms with Gasteiger partial charge >= 0.3 is 0 Å². The Balaban J connectivity index is 1.55. The van der Waals surface area contributed by atoms with Crippen LogP contribution in [-0.2, 0) is 10.0 Å². The number of piperidine rings is 1. The Labute approximate surface area is 185 Å². The molecule has 0 spiro atoms. The van der Waals surface area contributed by atoms with Gasteiger partial charge in [-0.15, -0.1) is 10.2 Å². The highest BCUT2D eigenvalue weighted by Crippen LogP contribution is 2.33. The lowest BCUT2D eigenvalue weighted by Crippen LogP contribution is -2.39. The first-order chi connectivity index (χ1) is 14.9. The number of rotatable bonds is 6. The van der Waals surface area contributed by atoms with Gasteiger partial charge in [-0.05, 0) is 44.9 Å². The zero-order valence-corrected chi connectivity index (χ0v) is 18.7. The van der Waals surface area contributed by atoms with Gasteiger partial charge in [-0.25, -0.2) is 18.4 Å². The van der Waals surface area contributed by atoms with Gasteiger partial charge in [0.05, 0.1) is 33.7 Å². The molecule has 2 aromatic heterocycles. The molecular weight excluding hydrogens is 442 g/mol. The molecule has 0 radical (unpaired) electrons. The molecule has 0 saturated carbocycles. The summed E-state index contributed by atoms with van der Waals surface area (Å²) in [7, 11) is -3.73. The minimum absolute atomic E-state index is 0.130. The van der Waals surface area contributed by atoms with E-state index in [1.165, 1.54) is 22.8 Å². The quantitative estimate of drug-likeness (QED) is 0.546. The largest absolute Gasteiger partial charge is 0.492 e. The molecule has 1 aliphatic heterocycles. The monoisotopic (exact) mass is 463 g/mol. The van der Waals surface area contributed by atoms with Crippen molar-refractivity contribution in [3.8, 4) is 17.2 Å². The van der Waals surface area contributed by atoms with Gasteiger partial charge in [-0.2, -0.15) is 4.31 Å². The Morgan fingerprint density at radius 1 is 1.32 bits per heavy atom. The number of benzene rings is 1. The molecule has 31 heavy (non-hydrogen) atoms. The van der Waals surface area contributed by atoms with Gasteiger partial charge in [-0.3, -0.25) is 0 Å². The average Bonchev–Trinajstić information content (AvgIpc) is 3.26. The van der Waals surface area contributed by atoms with Crippen LogP contribution in [0.3, 0.4) is 0 Å². The van der Waals surface area contributed by atoms with E-state index in [2.05, 4.69) is 20.2 Å². The summed E-state index contributed by atoms with van der Waals surface area (Å²) in [5, 5.41) is 8.53. The standard InChI is InChI=1S/C20H22ClN5O4S/c1-3-29-18-7-6-15(9-17(18)21)31(27,28)26-8-4-5-14(11-26)19-24-25-20(30-19)16-10-22-12-23-13(16)2/h6-7,9-10,12,14H,3-5,8,11H2,1-2H3. The van der Waals surface area contributed by atoms with E-state index in [0.717, 1.165) is 12.1 Å². The van der Waals surface area contributed by atoms with Gasteiger partial charge < -0.3 is 9.15 Å². The van der Waals surface area contributed by atoms with Crippen LogP contribution in [0.1, 0.15) is 37.3 Å². The number of ether oxygens (including phenoxy) is 1. The van der Waals surface area contributed by atoms with Crippen molar-refractivity contribution in [1.29, 1.82) is 0 Å². The highest BCUT2D eigenvalue weighted by Gasteiger charge is 2.33. The SMILES string of the molecule is CCOc1ccc(S(=O)(=O)N2CCCC(c3nnc(-c4cncnc4C)o3)C2)cc1Cl. The second-order valence-electron chi connectivity index (χ2n) is 7.19. The van der Waals surface area contributed by atoms with Crippen molar-refractivity contribution >= 4 is 21.6 Å². The van der Waals surface area contributed by atoms with Crippen LogP contribution in [0.5, 0.6) is 5.75 Å². The zero-order chi connectivity index (χ0) is 22.0. The molecule has 0 N–H and O–H groups in total. The van der Waals surface area contributed by atoms with Crippen LogP contribution < -0.4 is 4.74 Å². The minimum Gasteiger partial charge on any atom is -0.492 e. The number of hydrogen-bond acceptors (Lipinski definition) is 8. The van der Waals surface area contributed by atoms with Crippen molar-refractivity contribution in [2.24, 2.45) is 0 Å². The molecule has 1 fully saturated rings. The molecule has 0 aliphatic carbocycles. The van der Waals surface area contributed by atoms with E-state index in [4.69, 9.17) is 20.8 Å². The molecule has 1 unspecified atom stereocenters. The first-order valence-corrected chi connectivity index (χ1v) is 11.7. The summed E-state index contributed by atoms with van der Waals surface area (Å²) in [4.78, 5) is 8.26. The van der Waals surface area contributed by atoms with Crippen LogP contribution in [0.15, 0.2) is 40.0 Å². The number of nitrogens with zero attached hydrogens (tertiary/aromatic N) is 5. The number of aromatic nitrogens is 4. The molecule has 1 atom stereocenters. The third-order valence-corrected chi connectivity index (χ3v) is 7.31. The van der Waals surface area contributed by atoms with Crippen molar-refractivity contribution in [2.75, 3.05) is 19.7 Å². The number of hydrogen-bond donors (Lipinski definition) is 0. The maximum absolute atomic E-state index is 13.2. The van der Waals surface area contributed by atoms with E-state index in [1.807, 2.05) is 13.8 Å². The fourth-order valence-electron chi connectivity index (χ4n) is 3.54. The highest BCUT2D eigenvalue weighted by molar-refractivity contribution is 7.89. The average molecular weight is 464 g/mol. The van der Waals surface area contributed by atoms with E-state index >= 15 is 0 Å². The van der Waals surface area contributed by atoms with Gasteiger partial charge in [0.1, 0.15) is 12.1 Å². The molecule has 11 heteroatoms. The van der Waals surface area contributed by atoms with Crippen LogP contribution in [0.25, 0.3) is 11.5 Å². The number of sulfonamides is 1. The summed E-state index contributed by atoms with van der Waals surface area (Å²) in [5.41, 5.74) is 1.39. The minimum atomic E-state index is -3.73. The molecule has 3 heterocycles. The van der Waals surface area contributed by atoms with Crippen LogP contribution in [-0.4, -0.2) is 52.6 Å². The predicted octanol–water partition coefficient (Wildman–Crippen LogP) is 3.46. The van der Waals surface area contributed by atoms with E-state index in [9.17, 15) is 8.42 Å². The van der Waals surface area contributed by atoms with E-state index in [1.54, 1.807) is 12.3 Å². The van der Waals surface area contributed by atoms with Crippen molar-refractivity contribution < 1.29 is 17.6 Å². The molecular formula is C20H22ClN5O4S. The number of aryl methyl sites for hydroxylation is 1. The molecule has 1 aliphatic rings. The Morgan fingerprint density at radius 3 is 2.90 bits per heavy atom. The molecule has 0 bridgehead atoms. The molecule has 164 valence electrons. The molecule has 1 aromatic carbocycles. The lowest BCUT2D eigenvalue weighted by atomic mass is 10.00. The van der Waals surface area contributed by atoms with E-state index in [-0.39, 0.29) is 22.4 Å². The summed E-state index contributed by atoms with van der Waals surface area (Å²) in [6.07, 6.45) is 4.50. The first kappa shape index (κ1) is 21.7. The summed E-state index contributed by atoms with van der Waals surface area (Å²) in [5.74, 6) is 0.986. The Bertz CT molecular complexity index is 1180. The van der Waals surface area contributed by atoms with E-state index < -0.39 is 10.0 Å². The summed E-state index contributed by atoms with van der Waals surface area (Å²) in [6, 6.07) is 4.52. The second-order valence-corrected chi connectivity index (χ2v) is 9.54. The highest BCUT2D eigenvalue weighted by atomic mass is 35.5. The van der Waals surface area contributed by atoms with Gasteiger partial charge in [-0.1, -0.05) is 11.6 Å². The Hall–Kier alpha value is -2.56. The van der Waals surface area contributed by atoms with Crippen LogP contribution in [0.2, 0.25) is 5.02 Å². The summed E-state index contributed by atoms with van der Waals surface area (Å²) < 4.78 is 39.1. The molecule has 0 amide bonds. The fourth-order valence-corrected chi connectivity index (χ4v) is 5.39. The van der Waals surface area contributed by atoms with Crippen molar-refractivity contribution in [1.82, 2.24) is 24.5 Å². The molecule has 4 rings (SSSR count). The molecule has 3 aromatic rings. The van der Waals surface area contributed by atoms with Gasteiger partial charge in [0.25, 0.3) is 5.89 Å². The van der Waals surface area contributed by atoms with Crippen molar-refractivity contribution in [2.45, 2.75) is 37.5 Å². The third kappa shape index (κ3) is 4.41. The van der Waals surface area contributed by atoms with Crippen LogP contribution in [0.4, 0.5) is 0 Å². The molecule has 9 nitrogen and oxygen atoms in total. The number of halogens is 1. The van der Waals surface area contributed by atoms with Gasteiger partial charge in [0.2, 0.25) is 15.9 Å². The summed E-state index contributed by atoms with van der Waals surface area (Å²) >= 11 is 6.20. The Morgan fingerprint density at radius 2 is 2.16 bits per heavy atom. The lowest BCUT2D eigenvalue weighted by Gasteiger charge is -2.30. The van der Waals surface area contributed by atoms with Crippen LogP contribution >= 0.6 is 11.6 Å². The molecule has 1 saturated heterocycles. The van der Waals surface area contributed by atoms with Crippen molar-refractivity contribution in [3.05, 3.63) is 47.3 Å². The van der Waals surface area contributed by atoms with Gasteiger partial charge in [0.15, 0.2) is 0 Å².